The molecular formula is C27H26ClN3O6. The van der Waals surface area contributed by atoms with E-state index < -0.39 is 29.7 Å². The van der Waals surface area contributed by atoms with Gasteiger partial charge in [0.05, 0.1) is 11.1 Å². The second-order valence-electron chi connectivity index (χ2n) is 9.72. The van der Waals surface area contributed by atoms with Crippen molar-refractivity contribution in [1.29, 1.82) is 0 Å². The van der Waals surface area contributed by atoms with Crippen LogP contribution in [0.1, 0.15) is 64.8 Å². The maximum Gasteiger partial charge on any atom is 0.262 e. The number of fused-ring (bicyclic) bond motifs is 1. The fourth-order valence-electron chi connectivity index (χ4n) is 5.45. The van der Waals surface area contributed by atoms with Crippen LogP contribution in [0.25, 0.3) is 0 Å². The van der Waals surface area contributed by atoms with E-state index in [4.69, 9.17) is 16.3 Å². The van der Waals surface area contributed by atoms with Crippen LogP contribution in [0.2, 0.25) is 5.02 Å². The number of carbonyl (C=O) groups is 5. The molecule has 0 aromatic heterocycles. The van der Waals surface area contributed by atoms with Crippen LogP contribution < -0.4 is 15.4 Å². The van der Waals surface area contributed by atoms with Gasteiger partial charge in [0.25, 0.3) is 17.7 Å². The van der Waals surface area contributed by atoms with E-state index in [0.717, 1.165) is 36.1 Å². The number of nitrogens with one attached hydrogen (secondary N) is 2. The van der Waals surface area contributed by atoms with Gasteiger partial charge >= 0.3 is 0 Å². The second kappa shape index (κ2) is 9.97. The summed E-state index contributed by atoms with van der Waals surface area (Å²) in [5.41, 5.74) is 1.19. The van der Waals surface area contributed by atoms with Crippen molar-refractivity contribution in [3.05, 3.63) is 64.2 Å². The topological polar surface area (TPSA) is 122 Å². The number of nitrogens with zero attached hydrogens (tertiary/aromatic N) is 1. The SMILES string of the molecule is O=C(COc1ccc2c(c1)C(=O)N(C1CCC(=O)NC1=O)C2=O)NCC1(c2cccc(Cl)c2)CCCC1. The van der Waals surface area contributed by atoms with Gasteiger partial charge in [0.2, 0.25) is 11.8 Å². The van der Waals surface area contributed by atoms with Crippen molar-refractivity contribution >= 4 is 41.1 Å². The molecule has 2 aromatic carbocycles. The van der Waals surface area contributed by atoms with Gasteiger partial charge in [0.15, 0.2) is 6.61 Å². The number of imide groups is 2. The van der Waals surface area contributed by atoms with E-state index >= 15 is 0 Å². The highest BCUT2D eigenvalue weighted by molar-refractivity contribution is 6.30. The lowest BCUT2D eigenvalue weighted by molar-refractivity contribution is -0.136. The average molecular weight is 524 g/mol. The van der Waals surface area contributed by atoms with E-state index in [1.54, 1.807) is 0 Å². The largest absolute Gasteiger partial charge is 0.484 e. The van der Waals surface area contributed by atoms with Gasteiger partial charge < -0.3 is 10.1 Å². The summed E-state index contributed by atoms with van der Waals surface area (Å²) in [7, 11) is 0. The van der Waals surface area contributed by atoms with Crippen LogP contribution in [0.3, 0.4) is 0 Å². The predicted molar refractivity (Wildman–Crippen MR) is 133 cm³/mol. The minimum absolute atomic E-state index is 0.0475. The molecule has 5 amide bonds. The highest BCUT2D eigenvalue weighted by atomic mass is 35.5. The Kier molecular flexibility index (Phi) is 6.72. The third-order valence-corrected chi connectivity index (χ3v) is 7.64. The Labute approximate surface area is 218 Å². The zero-order valence-electron chi connectivity index (χ0n) is 20.1. The first-order valence-corrected chi connectivity index (χ1v) is 12.7. The van der Waals surface area contributed by atoms with Gasteiger partial charge in [-0.2, -0.15) is 0 Å². The van der Waals surface area contributed by atoms with Crippen molar-refractivity contribution in [2.75, 3.05) is 13.2 Å². The Hall–Kier alpha value is -3.72. The number of benzene rings is 2. The number of ether oxygens (including phenoxy) is 1. The molecule has 2 heterocycles. The molecule has 1 unspecified atom stereocenters. The molecule has 2 N–H and O–H groups in total. The summed E-state index contributed by atoms with van der Waals surface area (Å²) in [4.78, 5) is 62.9. The molecule has 0 radical (unpaired) electrons. The first kappa shape index (κ1) is 25.0. The zero-order chi connectivity index (χ0) is 26.2. The Morgan fingerprint density at radius 3 is 2.54 bits per heavy atom. The highest BCUT2D eigenvalue weighted by Crippen LogP contribution is 2.41. The van der Waals surface area contributed by atoms with Gasteiger partial charge in [-0.25, -0.2) is 0 Å². The van der Waals surface area contributed by atoms with Crippen molar-refractivity contribution < 1.29 is 28.7 Å². The number of rotatable bonds is 7. The molecule has 10 heteroatoms. The van der Waals surface area contributed by atoms with Gasteiger partial charge in [-0.15, -0.1) is 0 Å². The normalized spacial score (nSPS) is 20.6. The Morgan fingerprint density at radius 1 is 1.05 bits per heavy atom. The molecule has 9 nitrogen and oxygen atoms in total. The van der Waals surface area contributed by atoms with Gasteiger partial charge in [0, 0.05) is 23.4 Å². The smallest absolute Gasteiger partial charge is 0.262 e. The molecule has 5 rings (SSSR count). The molecule has 3 aliphatic rings. The molecule has 1 atom stereocenters. The molecule has 1 saturated heterocycles. The summed E-state index contributed by atoms with van der Waals surface area (Å²) < 4.78 is 5.63. The highest BCUT2D eigenvalue weighted by Gasteiger charge is 2.44. The van der Waals surface area contributed by atoms with E-state index in [1.807, 2.05) is 24.3 Å². The van der Waals surface area contributed by atoms with Crippen LogP contribution in [0.15, 0.2) is 42.5 Å². The number of piperidine rings is 1. The van der Waals surface area contributed by atoms with E-state index in [2.05, 4.69) is 10.6 Å². The minimum Gasteiger partial charge on any atom is -0.484 e. The number of hydrogen-bond donors (Lipinski definition) is 2. The lowest BCUT2D eigenvalue weighted by atomic mass is 9.79. The van der Waals surface area contributed by atoms with Gasteiger partial charge in [-0.1, -0.05) is 36.6 Å². The van der Waals surface area contributed by atoms with E-state index in [1.165, 1.54) is 18.2 Å². The Bertz CT molecular complexity index is 1300. The van der Waals surface area contributed by atoms with Crippen molar-refractivity contribution in [2.24, 2.45) is 0 Å². The Balaban J connectivity index is 1.21. The third kappa shape index (κ3) is 4.83. The van der Waals surface area contributed by atoms with Crippen LogP contribution >= 0.6 is 11.6 Å². The molecule has 2 fully saturated rings. The van der Waals surface area contributed by atoms with Gasteiger partial charge in [-0.05, 0) is 55.2 Å². The predicted octanol–water partition coefficient (Wildman–Crippen LogP) is 2.75. The van der Waals surface area contributed by atoms with E-state index in [9.17, 15) is 24.0 Å². The number of amides is 5. The summed E-state index contributed by atoms with van der Waals surface area (Å²) >= 11 is 6.20. The molecule has 0 bridgehead atoms. The van der Waals surface area contributed by atoms with Crippen molar-refractivity contribution in [1.82, 2.24) is 15.5 Å². The van der Waals surface area contributed by atoms with Gasteiger partial charge in [-0.3, -0.25) is 34.2 Å². The van der Waals surface area contributed by atoms with Crippen molar-refractivity contribution in [3.8, 4) is 5.75 Å². The summed E-state index contributed by atoms with van der Waals surface area (Å²) in [5, 5.41) is 5.80. The monoisotopic (exact) mass is 523 g/mol. The molecule has 1 saturated carbocycles. The van der Waals surface area contributed by atoms with Crippen LogP contribution in [-0.2, 0) is 19.8 Å². The lowest BCUT2D eigenvalue weighted by Crippen LogP contribution is -2.54. The summed E-state index contributed by atoms with van der Waals surface area (Å²) in [6.45, 7) is 0.205. The first-order valence-electron chi connectivity index (χ1n) is 12.3. The fraction of sp³-hybridized carbons (Fsp3) is 0.370. The van der Waals surface area contributed by atoms with Crippen molar-refractivity contribution in [2.45, 2.75) is 50.0 Å². The number of halogens is 1. The molecular weight excluding hydrogens is 498 g/mol. The molecule has 0 spiro atoms. The molecule has 37 heavy (non-hydrogen) atoms. The van der Waals surface area contributed by atoms with Crippen LogP contribution in [0, 0.1) is 0 Å². The van der Waals surface area contributed by atoms with Crippen LogP contribution in [0.5, 0.6) is 5.75 Å². The minimum atomic E-state index is -1.04. The Morgan fingerprint density at radius 2 is 1.81 bits per heavy atom. The van der Waals surface area contributed by atoms with Crippen LogP contribution in [-0.4, -0.2) is 53.6 Å². The maximum absolute atomic E-state index is 13.0. The molecule has 2 aromatic rings. The summed E-state index contributed by atoms with van der Waals surface area (Å²) in [6, 6.07) is 11.1. The zero-order valence-corrected chi connectivity index (χ0v) is 20.8. The summed E-state index contributed by atoms with van der Waals surface area (Å²) in [5.74, 6) is -2.38. The van der Waals surface area contributed by atoms with Crippen LogP contribution in [0.4, 0.5) is 0 Å². The third-order valence-electron chi connectivity index (χ3n) is 7.40. The standard InChI is InChI=1S/C27H26ClN3O6/c28-17-5-3-4-16(12-17)27(10-1-2-11-27)15-29-23(33)14-37-18-6-7-19-20(13-18)26(36)31(25(19)35)21-8-9-22(32)30-24(21)34/h3-7,12-13,21H,1-2,8-11,14-15H2,(H,29,33)(H,30,32,34). The number of hydrogen-bond acceptors (Lipinski definition) is 6. The first-order chi connectivity index (χ1) is 17.8. The quantitative estimate of drug-likeness (QED) is 0.538. The van der Waals surface area contributed by atoms with Gasteiger partial charge in [0.1, 0.15) is 11.8 Å². The van der Waals surface area contributed by atoms with Crippen molar-refractivity contribution in [3.63, 3.8) is 0 Å². The maximum atomic E-state index is 13.0. The summed E-state index contributed by atoms with van der Waals surface area (Å²) in [6.07, 6.45) is 4.20. The fourth-order valence-corrected chi connectivity index (χ4v) is 5.64. The average Bonchev–Trinajstić information content (AvgIpc) is 3.46. The number of carbonyl (C=O) groups excluding carboxylic acids is 5. The van der Waals surface area contributed by atoms with E-state index in [0.29, 0.717) is 11.6 Å². The molecule has 2 aliphatic heterocycles. The lowest BCUT2D eigenvalue weighted by Gasteiger charge is -2.30. The van der Waals surface area contributed by atoms with E-state index in [-0.39, 0.29) is 47.6 Å². The second-order valence-corrected chi connectivity index (χ2v) is 10.2. The molecule has 192 valence electrons. The molecule has 1 aliphatic carbocycles.